The van der Waals surface area contributed by atoms with Gasteiger partial charge in [0.05, 0.1) is 0 Å². The van der Waals surface area contributed by atoms with Crippen molar-refractivity contribution < 1.29 is 28.8 Å². The van der Waals surface area contributed by atoms with Crippen molar-refractivity contribution in [1.82, 2.24) is 4.98 Å². The quantitative estimate of drug-likeness (QED) is 0.545. The van der Waals surface area contributed by atoms with Crippen LogP contribution in [0.4, 0.5) is 4.39 Å². The number of aliphatic hydroxyl groups is 2. The number of aromatic nitrogens is 1. The molecule has 4 heterocycles. The summed E-state index contributed by atoms with van der Waals surface area (Å²) >= 11 is 1.62. The largest absolute Gasteiger partial charge is 0.387 e. The Hall–Kier alpha value is -2.20. The molecule has 0 amide bonds. The van der Waals surface area contributed by atoms with Crippen LogP contribution in [0.15, 0.2) is 48.7 Å². The number of thiophene rings is 1. The highest BCUT2D eigenvalue weighted by Gasteiger charge is 2.56. The Balaban J connectivity index is 1.32. The van der Waals surface area contributed by atoms with Gasteiger partial charge in [0.15, 0.2) is 12.1 Å². The molecule has 2 aromatic heterocycles. The third-order valence-corrected chi connectivity index (χ3v) is 7.25. The van der Waals surface area contributed by atoms with Gasteiger partial charge in [-0.05, 0) is 61.7 Å². The summed E-state index contributed by atoms with van der Waals surface area (Å²) in [6.45, 7) is 5.56. The van der Waals surface area contributed by atoms with Crippen LogP contribution in [-0.2, 0) is 20.6 Å². The van der Waals surface area contributed by atoms with Crippen molar-refractivity contribution in [2.24, 2.45) is 0 Å². The first kappa shape index (κ1) is 22.6. The lowest BCUT2D eigenvalue weighted by Gasteiger charge is -2.26. The number of aliphatic hydroxyl groups excluding tert-OH is 2. The number of hydrogen-bond donors (Lipinski definition) is 2. The molecule has 8 heteroatoms. The van der Waals surface area contributed by atoms with Gasteiger partial charge in [-0.2, -0.15) is 4.39 Å². The van der Waals surface area contributed by atoms with Crippen molar-refractivity contribution in [3.05, 3.63) is 76.2 Å². The Labute approximate surface area is 195 Å². The van der Waals surface area contributed by atoms with E-state index in [9.17, 15) is 14.6 Å². The van der Waals surface area contributed by atoms with Gasteiger partial charge in [0, 0.05) is 27.9 Å². The minimum absolute atomic E-state index is 0.497. The average Bonchev–Trinajstić information content (AvgIpc) is 3.44. The second-order valence-electron chi connectivity index (χ2n) is 9.00. The van der Waals surface area contributed by atoms with Crippen molar-refractivity contribution >= 4 is 11.3 Å². The summed E-state index contributed by atoms with van der Waals surface area (Å²) in [5.74, 6) is -1.32. The molecule has 0 radical (unpaired) electrons. The number of fused-ring (bicyclic) bond motifs is 1. The Morgan fingerprint density at radius 1 is 1.15 bits per heavy atom. The zero-order chi connectivity index (χ0) is 23.3. The van der Waals surface area contributed by atoms with Crippen LogP contribution in [0, 0.1) is 12.9 Å². The number of pyridine rings is 1. The predicted molar refractivity (Wildman–Crippen MR) is 121 cm³/mol. The summed E-state index contributed by atoms with van der Waals surface area (Å²) in [6.07, 6.45) is -1.98. The van der Waals surface area contributed by atoms with Gasteiger partial charge in [-0.3, -0.25) is 0 Å². The number of benzene rings is 1. The Kier molecular flexibility index (Phi) is 5.84. The topological polar surface area (TPSA) is 81.0 Å². The molecule has 3 aromatic rings. The van der Waals surface area contributed by atoms with E-state index >= 15 is 0 Å². The standard InChI is InChI=1S/C25H26FNO5S/c1-13-4-5-14(20(28)22-21(29)23-24(30-22)32-25(2,3)31-23)10-16(13)11-17-7-8-18(33-17)15-6-9-19(26)27-12-15/h4-10,12,20-24,28-29H,11H2,1-3H3/t20?,21-,22+,23+,24+/m1/s1. The molecule has 6 nitrogen and oxygen atoms in total. The van der Waals surface area contributed by atoms with E-state index in [1.54, 1.807) is 31.3 Å². The highest BCUT2D eigenvalue weighted by Crippen LogP contribution is 2.41. The highest BCUT2D eigenvalue weighted by molar-refractivity contribution is 7.15. The summed E-state index contributed by atoms with van der Waals surface area (Å²) in [7, 11) is 0. The number of halogens is 1. The fourth-order valence-electron chi connectivity index (χ4n) is 4.37. The van der Waals surface area contributed by atoms with Crippen LogP contribution >= 0.6 is 11.3 Å². The Morgan fingerprint density at radius 3 is 2.70 bits per heavy atom. The van der Waals surface area contributed by atoms with Crippen LogP contribution in [0.25, 0.3) is 10.4 Å². The lowest BCUT2D eigenvalue weighted by molar-refractivity contribution is -0.226. The van der Waals surface area contributed by atoms with Crippen LogP contribution in [0.2, 0.25) is 0 Å². The number of nitrogens with zero attached hydrogens (tertiary/aromatic N) is 1. The SMILES string of the molecule is Cc1ccc(C(O)[C@@H]2O[C@H]3OC(C)(C)O[C@H]3[C@@H]2O)cc1Cc1ccc(-c2ccc(F)nc2)s1. The maximum Gasteiger partial charge on any atom is 0.212 e. The maximum atomic E-state index is 13.1. The number of hydrogen-bond acceptors (Lipinski definition) is 7. The molecule has 0 spiro atoms. The van der Waals surface area contributed by atoms with Crippen molar-refractivity contribution in [2.45, 2.75) is 63.7 Å². The number of rotatable bonds is 5. The number of ether oxygens (including phenoxy) is 3. The molecule has 0 saturated carbocycles. The lowest BCUT2D eigenvalue weighted by atomic mass is 9.94. The van der Waals surface area contributed by atoms with Crippen LogP contribution in [0.5, 0.6) is 0 Å². The van der Waals surface area contributed by atoms with Crippen molar-refractivity contribution in [2.75, 3.05) is 0 Å². The summed E-state index contributed by atoms with van der Waals surface area (Å²) < 4.78 is 30.4. The zero-order valence-corrected chi connectivity index (χ0v) is 19.4. The molecule has 0 bridgehead atoms. The molecule has 2 aliphatic rings. The molecule has 2 N–H and O–H groups in total. The summed E-state index contributed by atoms with van der Waals surface area (Å²) in [5.41, 5.74) is 3.71. The summed E-state index contributed by atoms with van der Waals surface area (Å²) in [4.78, 5) is 5.88. The predicted octanol–water partition coefficient (Wildman–Crippen LogP) is 4.12. The second-order valence-corrected chi connectivity index (χ2v) is 10.2. The van der Waals surface area contributed by atoms with Gasteiger partial charge in [0.2, 0.25) is 5.95 Å². The van der Waals surface area contributed by atoms with E-state index in [0.717, 1.165) is 26.4 Å². The lowest BCUT2D eigenvalue weighted by Crippen LogP contribution is -2.37. The first-order valence-electron chi connectivity index (χ1n) is 10.9. The van der Waals surface area contributed by atoms with Gasteiger partial charge < -0.3 is 24.4 Å². The Bertz CT molecular complexity index is 1150. The third kappa shape index (κ3) is 4.47. The maximum absolute atomic E-state index is 13.1. The smallest absolute Gasteiger partial charge is 0.212 e. The second kappa shape index (κ2) is 8.54. The first-order valence-corrected chi connectivity index (χ1v) is 11.7. The molecule has 5 atom stereocenters. The number of aryl methyl sites for hydroxylation is 1. The van der Waals surface area contributed by atoms with E-state index in [0.29, 0.717) is 12.0 Å². The van der Waals surface area contributed by atoms with E-state index < -0.39 is 42.4 Å². The molecular weight excluding hydrogens is 445 g/mol. The van der Waals surface area contributed by atoms with Gasteiger partial charge >= 0.3 is 0 Å². The van der Waals surface area contributed by atoms with Crippen molar-refractivity contribution in [3.63, 3.8) is 0 Å². The van der Waals surface area contributed by atoms with E-state index in [4.69, 9.17) is 14.2 Å². The molecule has 5 rings (SSSR count). The van der Waals surface area contributed by atoms with Gasteiger partial charge in [-0.1, -0.05) is 18.2 Å². The van der Waals surface area contributed by atoms with E-state index in [1.165, 1.54) is 12.3 Å². The molecule has 33 heavy (non-hydrogen) atoms. The van der Waals surface area contributed by atoms with Gasteiger partial charge in [0.25, 0.3) is 0 Å². The molecule has 0 aliphatic carbocycles. The molecule has 2 fully saturated rings. The molecule has 2 aliphatic heterocycles. The zero-order valence-electron chi connectivity index (χ0n) is 18.6. The van der Waals surface area contributed by atoms with Gasteiger partial charge in [-0.15, -0.1) is 11.3 Å². The van der Waals surface area contributed by atoms with E-state index in [2.05, 4.69) is 4.98 Å². The summed E-state index contributed by atoms with van der Waals surface area (Å²) in [5, 5.41) is 21.7. The molecule has 1 aromatic carbocycles. The van der Waals surface area contributed by atoms with E-state index in [-0.39, 0.29) is 0 Å². The van der Waals surface area contributed by atoms with Gasteiger partial charge in [-0.25, -0.2) is 4.98 Å². The van der Waals surface area contributed by atoms with Crippen molar-refractivity contribution in [1.29, 1.82) is 0 Å². The molecule has 2 saturated heterocycles. The fourth-order valence-corrected chi connectivity index (χ4v) is 5.39. The van der Waals surface area contributed by atoms with Crippen LogP contribution in [-0.4, -0.2) is 45.6 Å². The highest BCUT2D eigenvalue weighted by atomic mass is 32.1. The average molecular weight is 472 g/mol. The van der Waals surface area contributed by atoms with Crippen LogP contribution in [0.3, 0.4) is 0 Å². The van der Waals surface area contributed by atoms with Crippen LogP contribution < -0.4 is 0 Å². The monoisotopic (exact) mass is 471 g/mol. The first-order chi connectivity index (χ1) is 15.7. The third-order valence-electron chi connectivity index (χ3n) is 6.12. The summed E-state index contributed by atoms with van der Waals surface area (Å²) in [6, 6.07) is 12.9. The minimum atomic E-state index is -1.02. The normalized spacial score (nSPS) is 27.0. The molecule has 174 valence electrons. The molecular formula is C25H26FNO5S. The molecule has 1 unspecified atom stereocenters. The van der Waals surface area contributed by atoms with E-state index in [1.807, 2.05) is 37.3 Å². The van der Waals surface area contributed by atoms with Crippen LogP contribution in [0.1, 0.15) is 41.5 Å². The van der Waals surface area contributed by atoms with Crippen molar-refractivity contribution in [3.8, 4) is 10.4 Å². The minimum Gasteiger partial charge on any atom is -0.387 e. The van der Waals surface area contributed by atoms with Gasteiger partial charge in [0.1, 0.15) is 24.4 Å². The fraction of sp³-hybridized carbons (Fsp3) is 0.400. The Morgan fingerprint density at radius 2 is 1.97 bits per heavy atom.